The topological polar surface area (TPSA) is 9.23 Å². The van der Waals surface area contributed by atoms with Gasteiger partial charge in [-0.25, -0.2) is 0 Å². The summed E-state index contributed by atoms with van der Waals surface area (Å²) in [6, 6.07) is 6.71. The van der Waals surface area contributed by atoms with Gasteiger partial charge in [-0.1, -0.05) is 69.8 Å². The molecule has 0 heterocycles. The Balaban J connectivity index is 3.38. The first-order valence-corrected chi connectivity index (χ1v) is 8.63. The molecule has 2 atom stereocenters. The van der Waals surface area contributed by atoms with Gasteiger partial charge >= 0.3 is 0 Å². The molecule has 2 heteroatoms. The highest BCUT2D eigenvalue weighted by atomic mass is 31.0. The molecule has 1 aromatic carbocycles. The Hall–Kier alpha value is -0.550. The molecule has 0 aromatic heterocycles. The average molecular weight is 308 g/mol. The van der Waals surface area contributed by atoms with Crippen molar-refractivity contribution in [2.24, 2.45) is 0 Å². The molecule has 0 fully saturated rings. The van der Waals surface area contributed by atoms with Gasteiger partial charge in [-0.15, -0.1) is 0 Å². The van der Waals surface area contributed by atoms with Crippen LogP contribution in [0, 0.1) is 0 Å². The summed E-state index contributed by atoms with van der Waals surface area (Å²) in [5, 5.41) is -0.207. The van der Waals surface area contributed by atoms with E-state index in [1.807, 2.05) is 0 Å². The minimum Gasteiger partial charge on any atom is -0.483 e. The van der Waals surface area contributed by atoms with E-state index in [0.717, 1.165) is 18.6 Å². The summed E-state index contributed by atoms with van der Waals surface area (Å²) in [7, 11) is 2.83. The lowest BCUT2D eigenvalue weighted by molar-refractivity contribution is 0.175. The van der Waals surface area contributed by atoms with Crippen LogP contribution >= 0.6 is 9.24 Å². The van der Waals surface area contributed by atoms with E-state index in [1.54, 1.807) is 0 Å². The van der Waals surface area contributed by atoms with E-state index in [1.165, 1.54) is 11.1 Å². The molecule has 0 spiro atoms. The second-order valence-electron chi connectivity index (χ2n) is 7.97. The number of benzene rings is 1. The van der Waals surface area contributed by atoms with Crippen LogP contribution in [0.2, 0.25) is 0 Å². The van der Waals surface area contributed by atoms with Crippen molar-refractivity contribution in [3.8, 4) is 5.75 Å². The quantitative estimate of drug-likeness (QED) is 0.601. The number of rotatable bonds is 5. The summed E-state index contributed by atoms with van der Waals surface area (Å²) < 4.78 is 6.30. The van der Waals surface area contributed by atoms with E-state index in [2.05, 4.69) is 82.8 Å². The molecule has 21 heavy (non-hydrogen) atoms. The first-order chi connectivity index (χ1) is 9.43. The zero-order valence-electron chi connectivity index (χ0n) is 15.1. The first kappa shape index (κ1) is 18.5. The Kier molecular flexibility index (Phi) is 5.54. The summed E-state index contributed by atoms with van der Waals surface area (Å²) in [5.74, 6) is 1.02. The second kappa shape index (κ2) is 6.29. The van der Waals surface area contributed by atoms with Crippen molar-refractivity contribution >= 4 is 9.24 Å². The van der Waals surface area contributed by atoms with Gasteiger partial charge in [0.1, 0.15) is 11.1 Å². The molecule has 1 aromatic rings. The standard InChI is InChI=1S/C19H33OP/c1-9-18(6,7)15-13-14(17(3,4)5)11-12-16(15)20-19(8,21)10-2/h11-13H,9-10,21H2,1-8H3. The highest BCUT2D eigenvalue weighted by Crippen LogP contribution is 2.40. The Morgan fingerprint density at radius 2 is 1.52 bits per heavy atom. The van der Waals surface area contributed by atoms with Gasteiger partial charge in [0.15, 0.2) is 0 Å². The first-order valence-electron chi connectivity index (χ1n) is 8.06. The summed E-state index contributed by atoms with van der Waals surface area (Å²) in [6.45, 7) is 17.9. The van der Waals surface area contributed by atoms with Crippen LogP contribution in [-0.2, 0) is 10.8 Å². The molecule has 0 aliphatic heterocycles. The monoisotopic (exact) mass is 308 g/mol. The molecule has 2 unspecified atom stereocenters. The average Bonchev–Trinajstić information content (AvgIpc) is 2.37. The highest BCUT2D eigenvalue weighted by molar-refractivity contribution is 7.18. The molecule has 0 saturated heterocycles. The number of hydrogen-bond acceptors (Lipinski definition) is 1. The van der Waals surface area contributed by atoms with Gasteiger partial charge in [0, 0.05) is 5.56 Å². The van der Waals surface area contributed by atoms with Gasteiger partial charge in [-0.3, -0.25) is 0 Å². The van der Waals surface area contributed by atoms with Crippen LogP contribution in [0.1, 0.15) is 79.4 Å². The van der Waals surface area contributed by atoms with Gasteiger partial charge in [0.25, 0.3) is 0 Å². The molecular weight excluding hydrogens is 275 g/mol. The van der Waals surface area contributed by atoms with E-state index < -0.39 is 0 Å². The maximum atomic E-state index is 6.30. The highest BCUT2D eigenvalue weighted by Gasteiger charge is 2.28. The van der Waals surface area contributed by atoms with E-state index in [0.29, 0.717) is 0 Å². The molecule has 0 aliphatic rings. The van der Waals surface area contributed by atoms with Gasteiger partial charge < -0.3 is 4.74 Å². The number of hydrogen-bond donors (Lipinski definition) is 0. The van der Waals surface area contributed by atoms with Gasteiger partial charge in [-0.2, -0.15) is 0 Å². The van der Waals surface area contributed by atoms with Crippen molar-refractivity contribution in [1.29, 1.82) is 0 Å². The lowest BCUT2D eigenvalue weighted by Gasteiger charge is -2.33. The van der Waals surface area contributed by atoms with Gasteiger partial charge in [0.05, 0.1) is 0 Å². The lowest BCUT2D eigenvalue weighted by atomic mass is 9.78. The van der Waals surface area contributed by atoms with Gasteiger partial charge in [0.2, 0.25) is 0 Å². The van der Waals surface area contributed by atoms with Crippen LogP contribution in [0.3, 0.4) is 0 Å². The minimum absolute atomic E-state index is 0.116. The Labute approximate surface area is 134 Å². The largest absolute Gasteiger partial charge is 0.483 e. The molecule has 0 saturated carbocycles. The molecule has 0 N–H and O–H groups in total. The second-order valence-corrected chi connectivity index (χ2v) is 9.19. The summed E-state index contributed by atoms with van der Waals surface area (Å²) in [5.41, 5.74) is 2.96. The van der Waals surface area contributed by atoms with Crippen LogP contribution < -0.4 is 4.74 Å². The van der Waals surface area contributed by atoms with Crippen LogP contribution in [0.15, 0.2) is 18.2 Å². The maximum absolute atomic E-state index is 6.30. The van der Waals surface area contributed by atoms with E-state index in [9.17, 15) is 0 Å². The fourth-order valence-electron chi connectivity index (χ4n) is 2.13. The van der Waals surface area contributed by atoms with Crippen molar-refractivity contribution in [2.45, 2.75) is 84.4 Å². The fraction of sp³-hybridized carbons (Fsp3) is 0.684. The molecule has 120 valence electrons. The fourth-order valence-corrected chi connectivity index (χ4v) is 2.26. The van der Waals surface area contributed by atoms with Crippen LogP contribution in [0.4, 0.5) is 0 Å². The van der Waals surface area contributed by atoms with Crippen molar-refractivity contribution < 1.29 is 4.74 Å². The third kappa shape index (κ3) is 4.71. The predicted molar refractivity (Wildman–Crippen MR) is 97.5 cm³/mol. The molecule has 0 amide bonds. The lowest BCUT2D eigenvalue weighted by Crippen LogP contribution is -2.26. The molecule has 1 nitrogen and oxygen atoms in total. The van der Waals surface area contributed by atoms with Crippen molar-refractivity contribution in [3.63, 3.8) is 0 Å². The van der Waals surface area contributed by atoms with Crippen LogP contribution in [-0.4, -0.2) is 5.34 Å². The van der Waals surface area contributed by atoms with Crippen LogP contribution in [0.5, 0.6) is 5.75 Å². The molecule has 0 aliphatic carbocycles. The maximum Gasteiger partial charge on any atom is 0.124 e. The Morgan fingerprint density at radius 1 is 0.952 bits per heavy atom. The third-order valence-corrected chi connectivity index (χ3v) is 5.03. The van der Waals surface area contributed by atoms with E-state index in [-0.39, 0.29) is 16.2 Å². The minimum atomic E-state index is -0.207. The third-order valence-electron chi connectivity index (χ3n) is 4.50. The molecule has 1 rings (SSSR count). The SMILES string of the molecule is CCC(C)(P)Oc1ccc(C(C)(C)C)cc1C(C)(C)CC. The summed E-state index contributed by atoms with van der Waals surface area (Å²) >= 11 is 0. The van der Waals surface area contributed by atoms with Crippen molar-refractivity contribution in [2.75, 3.05) is 0 Å². The molecule has 0 bridgehead atoms. The predicted octanol–water partition coefficient (Wildman–Crippen LogP) is 6.05. The van der Waals surface area contributed by atoms with Crippen molar-refractivity contribution in [3.05, 3.63) is 29.3 Å². The zero-order chi connectivity index (χ0) is 16.5. The Morgan fingerprint density at radius 3 is 1.95 bits per heavy atom. The van der Waals surface area contributed by atoms with E-state index in [4.69, 9.17) is 4.74 Å². The van der Waals surface area contributed by atoms with Gasteiger partial charge in [-0.05, 0) is 42.2 Å². The van der Waals surface area contributed by atoms with Crippen molar-refractivity contribution in [1.82, 2.24) is 0 Å². The normalized spacial score (nSPS) is 15.7. The summed E-state index contributed by atoms with van der Waals surface area (Å²) in [4.78, 5) is 0. The van der Waals surface area contributed by atoms with E-state index >= 15 is 0 Å². The van der Waals surface area contributed by atoms with Crippen LogP contribution in [0.25, 0.3) is 0 Å². The molecule has 0 radical (unpaired) electrons. The summed E-state index contributed by atoms with van der Waals surface area (Å²) in [6.07, 6.45) is 2.06. The smallest absolute Gasteiger partial charge is 0.124 e. The molecular formula is C19H33OP. The Bertz CT molecular complexity index is 481. The zero-order valence-corrected chi connectivity index (χ0v) is 16.3. The number of ether oxygens (including phenoxy) is 1.